The van der Waals surface area contributed by atoms with Gasteiger partial charge in [0.15, 0.2) is 0 Å². The molecule has 1 rings (SSSR count). The van der Waals surface area contributed by atoms with Gasteiger partial charge in [0, 0.05) is 24.7 Å². The number of hydrogen-bond acceptors (Lipinski definition) is 2. The van der Waals surface area contributed by atoms with E-state index in [1.807, 2.05) is 0 Å². The first-order chi connectivity index (χ1) is 8.49. The van der Waals surface area contributed by atoms with Gasteiger partial charge in [-0.25, -0.2) is 13.6 Å². The third kappa shape index (κ3) is 4.77. The van der Waals surface area contributed by atoms with Gasteiger partial charge in [0.25, 0.3) is 0 Å². The number of carbonyl (C=O) groups is 2. The second-order valence-electron chi connectivity index (χ2n) is 3.49. The van der Waals surface area contributed by atoms with Crippen molar-refractivity contribution in [3.05, 3.63) is 35.4 Å². The van der Waals surface area contributed by atoms with Crippen LogP contribution in [0.1, 0.15) is 12.0 Å². The van der Waals surface area contributed by atoms with Gasteiger partial charge < -0.3 is 15.7 Å². The van der Waals surface area contributed by atoms with E-state index in [0.29, 0.717) is 0 Å². The molecule has 5 nitrogen and oxygen atoms in total. The summed E-state index contributed by atoms with van der Waals surface area (Å²) in [6.45, 7) is -0.127. The summed E-state index contributed by atoms with van der Waals surface area (Å²) in [6, 6.07) is 2.42. The number of aliphatic carboxylic acids is 1. The molecule has 0 aliphatic rings. The molecular weight excluding hydrogens is 246 g/mol. The lowest BCUT2D eigenvalue weighted by atomic mass is 10.2. The van der Waals surface area contributed by atoms with Gasteiger partial charge in [-0.3, -0.25) is 4.79 Å². The first-order valence-corrected chi connectivity index (χ1v) is 5.16. The summed E-state index contributed by atoms with van der Waals surface area (Å²) in [5.41, 5.74) is 0.143. The number of carboxylic acids is 1. The van der Waals surface area contributed by atoms with Crippen molar-refractivity contribution in [1.82, 2.24) is 10.6 Å². The Labute approximate surface area is 102 Å². The molecule has 98 valence electrons. The minimum Gasteiger partial charge on any atom is -0.481 e. The van der Waals surface area contributed by atoms with E-state index >= 15 is 0 Å². The van der Waals surface area contributed by atoms with Crippen LogP contribution in [0.4, 0.5) is 13.6 Å². The maximum Gasteiger partial charge on any atom is 0.315 e. The van der Waals surface area contributed by atoms with Gasteiger partial charge in [0.2, 0.25) is 0 Å². The Morgan fingerprint density at radius 3 is 2.56 bits per heavy atom. The zero-order valence-corrected chi connectivity index (χ0v) is 9.37. The predicted molar refractivity (Wildman–Crippen MR) is 58.8 cm³/mol. The van der Waals surface area contributed by atoms with Crippen LogP contribution in [-0.4, -0.2) is 23.7 Å². The summed E-state index contributed by atoms with van der Waals surface area (Å²) >= 11 is 0. The molecule has 0 spiro atoms. The highest BCUT2D eigenvalue weighted by Crippen LogP contribution is 2.08. The Kier molecular flexibility index (Phi) is 5.04. The molecule has 1 aromatic carbocycles. The molecule has 0 aliphatic heterocycles. The highest BCUT2D eigenvalue weighted by Gasteiger charge is 2.06. The molecule has 0 saturated carbocycles. The van der Waals surface area contributed by atoms with Crippen molar-refractivity contribution in [2.24, 2.45) is 0 Å². The van der Waals surface area contributed by atoms with Crippen LogP contribution in [0.25, 0.3) is 0 Å². The van der Waals surface area contributed by atoms with Gasteiger partial charge in [0.05, 0.1) is 6.42 Å². The summed E-state index contributed by atoms with van der Waals surface area (Å²) < 4.78 is 25.8. The first-order valence-electron chi connectivity index (χ1n) is 5.16. The zero-order valence-electron chi connectivity index (χ0n) is 9.37. The Balaban J connectivity index is 2.36. The normalized spacial score (nSPS) is 9.89. The van der Waals surface area contributed by atoms with Crippen molar-refractivity contribution < 1.29 is 23.5 Å². The summed E-state index contributed by atoms with van der Waals surface area (Å²) in [4.78, 5) is 21.3. The fourth-order valence-electron chi connectivity index (χ4n) is 1.19. The summed E-state index contributed by atoms with van der Waals surface area (Å²) in [5.74, 6) is -2.47. The number of carboxylic acid groups (broad SMARTS) is 1. The standard InChI is InChI=1S/C11H12F2N2O3/c12-8-2-1-7(9(13)5-8)6-15-11(18)14-4-3-10(16)17/h1-2,5H,3-4,6H2,(H,16,17)(H2,14,15,18). The van der Waals surface area contributed by atoms with Gasteiger partial charge in [-0.2, -0.15) is 0 Å². The number of halogens is 2. The molecule has 0 saturated heterocycles. The Bertz CT molecular complexity index is 452. The van der Waals surface area contributed by atoms with Crippen molar-refractivity contribution in [3.8, 4) is 0 Å². The van der Waals surface area contributed by atoms with Gasteiger partial charge in [0.1, 0.15) is 11.6 Å². The SMILES string of the molecule is O=C(O)CCNC(=O)NCc1ccc(F)cc1F. The average Bonchev–Trinajstić information content (AvgIpc) is 2.27. The lowest BCUT2D eigenvalue weighted by molar-refractivity contribution is -0.136. The summed E-state index contributed by atoms with van der Waals surface area (Å²) in [6.07, 6.45) is -0.196. The molecule has 0 heterocycles. The van der Waals surface area contributed by atoms with E-state index in [0.717, 1.165) is 12.1 Å². The molecule has 1 aromatic rings. The van der Waals surface area contributed by atoms with E-state index in [4.69, 9.17) is 5.11 Å². The molecule has 0 radical (unpaired) electrons. The van der Waals surface area contributed by atoms with Crippen molar-refractivity contribution in [2.75, 3.05) is 6.54 Å². The number of benzene rings is 1. The fourth-order valence-corrected chi connectivity index (χ4v) is 1.19. The maximum atomic E-state index is 13.2. The van der Waals surface area contributed by atoms with Crippen LogP contribution >= 0.6 is 0 Å². The minimum atomic E-state index is -1.03. The molecule has 0 fully saturated rings. The smallest absolute Gasteiger partial charge is 0.315 e. The topological polar surface area (TPSA) is 78.4 Å². The Hall–Kier alpha value is -2.18. The molecule has 18 heavy (non-hydrogen) atoms. The third-order valence-electron chi connectivity index (χ3n) is 2.08. The Morgan fingerprint density at radius 2 is 1.94 bits per heavy atom. The van der Waals surface area contributed by atoms with Crippen LogP contribution in [0.5, 0.6) is 0 Å². The van der Waals surface area contributed by atoms with Crippen LogP contribution in [-0.2, 0) is 11.3 Å². The van der Waals surface area contributed by atoms with E-state index in [1.165, 1.54) is 6.07 Å². The highest BCUT2D eigenvalue weighted by molar-refractivity contribution is 5.74. The average molecular weight is 258 g/mol. The molecule has 0 bridgehead atoms. The molecular formula is C11H12F2N2O3. The maximum absolute atomic E-state index is 13.2. The van der Waals surface area contributed by atoms with Gasteiger partial charge in [-0.15, -0.1) is 0 Å². The number of hydrogen-bond donors (Lipinski definition) is 3. The van der Waals surface area contributed by atoms with Crippen LogP contribution < -0.4 is 10.6 Å². The predicted octanol–water partition coefficient (Wildman–Crippen LogP) is 1.24. The van der Waals surface area contributed by atoms with Crippen LogP contribution in [0.15, 0.2) is 18.2 Å². The van der Waals surface area contributed by atoms with Crippen LogP contribution in [0.2, 0.25) is 0 Å². The van der Waals surface area contributed by atoms with Gasteiger partial charge >= 0.3 is 12.0 Å². The van der Waals surface area contributed by atoms with Crippen molar-refractivity contribution >= 4 is 12.0 Å². The number of carbonyl (C=O) groups excluding carboxylic acids is 1. The second kappa shape index (κ2) is 6.53. The monoisotopic (exact) mass is 258 g/mol. The van der Waals surface area contributed by atoms with E-state index in [1.54, 1.807) is 0 Å². The van der Waals surface area contributed by atoms with Crippen LogP contribution in [0.3, 0.4) is 0 Å². The van der Waals surface area contributed by atoms with Gasteiger partial charge in [-0.05, 0) is 6.07 Å². The lowest BCUT2D eigenvalue weighted by Gasteiger charge is -2.07. The third-order valence-corrected chi connectivity index (χ3v) is 2.08. The highest BCUT2D eigenvalue weighted by atomic mass is 19.1. The Morgan fingerprint density at radius 1 is 1.22 bits per heavy atom. The fraction of sp³-hybridized carbons (Fsp3) is 0.273. The quantitative estimate of drug-likeness (QED) is 0.743. The van der Waals surface area contributed by atoms with E-state index < -0.39 is 23.6 Å². The lowest BCUT2D eigenvalue weighted by Crippen LogP contribution is -2.36. The van der Waals surface area contributed by atoms with E-state index in [-0.39, 0.29) is 25.1 Å². The number of amides is 2. The molecule has 3 N–H and O–H groups in total. The number of nitrogens with one attached hydrogen (secondary N) is 2. The minimum absolute atomic E-state index is 0.0208. The molecule has 0 atom stereocenters. The number of rotatable bonds is 5. The molecule has 0 aliphatic carbocycles. The molecule has 2 amide bonds. The van der Waals surface area contributed by atoms with E-state index in [9.17, 15) is 18.4 Å². The second-order valence-corrected chi connectivity index (χ2v) is 3.49. The summed E-state index contributed by atoms with van der Waals surface area (Å²) in [7, 11) is 0. The zero-order chi connectivity index (χ0) is 13.5. The van der Waals surface area contributed by atoms with Crippen molar-refractivity contribution in [2.45, 2.75) is 13.0 Å². The first kappa shape index (κ1) is 13.9. The molecule has 0 unspecified atom stereocenters. The van der Waals surface area contributed by atoms with Crippen molar-refractivity contribution in [3.63, 3.8) is 0 Å². The van der Waals surface area contributed by atoms with Crippen molar-refractivity contribution in [1.29, 1.82) is 0 Å². The molecule has 7 heteroatoms. The van der Waals surface area contributed by atoms with E-state index in [2.05, 4.69) is 10.6 Å². The van der Waals surface area contributed by atoms with Gasteiger partial charge in [-0.1, -0.05) is 6.07 Å². The summed E-state index contributed by atoms with van der Waals surface area (Å²) in [5, 5.41) is 13.0. The van der Waals surface area contributed by atoms with Crippen LogP contribution in [0, 0.1) is 11.6 Å². The molecule has 0 aromatic heterocycles. The number of urea groups is 1. The largest absolute Gasteiger partial charge is 0.481 e.